The first kappa shape index (κ1) is 17.2. The summed E-state index contributed by atoms with van der Waals surface area (Å²) in [6.45, 7) is 5.98. The predicted molar refractivity (Wildman–Crippen MR) is 91.8 cm³/mol. The van der Waals surface area contributed by atoms with E-state index in [1.165, 1.54) is 6.07 Å². The first-order valence-electron chi connectivity index (χ1n) is 7.96. The Morgan fingerprint density at radius 2 is 1.87 bits per heavy atom. The van der Waals surface area contributed by atoms with Crippen molar-refractivity contribution in [1.82, 2.24) is 10.6 Å². The number of hydrogen-bond acceptors (Lipinski definition) is 2. The molecule has 3 nitrogen and oxygen atoms in total. The van der Waals surface area contributed by atoms with Crippen LogP contribution in [0.4, 0.5) is 4.39 Å². The lowest BCUT2D eigenvalue weighted by Gasteiger charge is -2.14. The smallest absolute Gasteiger partial charge is 0.227 e. The fourth-order valence-electron chi connectivity index (χ4n) is 2.41. The Kier molecular flexibility index (Phi) is 6.29. The highest BCUT2D eigenvalue weighted by Gasteiger charge is 2.16. The second kappa shape index (κ2) is 8.44. The minimum Gasteiger partial charge on any atom is -0.354 e. The van der Waals surface area contributed by atoms with Crippen molar-refractivity contribution in [2.24, 2.45) is 0 Å². The fraction of sp³-hybridized carbons (Fsp3) is 0.316. The molecular formula is C19H23FN2O. The fourth-order valence-corrected chi connectivity index (χ4v) is 2.41. The lowest BCUT2D eigenvalue weighted by molar-refractivity contribution is -0.122. The first-order chi connectivity index (χ1) is 11.1. The zero-order chi connectivity index (χ0) is 16.7. The van der Waals surface area contributed by atoms with Crippen LogP contribution in [0.3, 0.4) is 0 Å². The Labute approximate surface area is 136 Å². The molecule has 4 heteroatoms. The van der Waals surface area contributed by atoms with Crippen molar-refractivity contribution in [3.05, 3.63) is 59.9 Å². The summed E-state index contributed by atoms with van der Waals surface area (Å²) < 4.78 is 14.4. The molecule has 1 amide bonds. The van der Waals surface area contributed by atoms with E-state index in [0.29, 0.717) is 17.7 Å². The van der Waals surface area contributed by atoms with Gasteiger partial charge in [-0.3, -0.25) is 4.79 Å². The van der Waals surface area contributed by atoms with Gasteiger partial charge >= 0.3 is 0 Å². The molecule has 0 radical (unpaired) electrons. The SMILES string of the molecule is CCNCCNC(=O)C(C)c1ccc(-c2ccccc2)c(F)c1. The van der Waals surface area contributed by atoms with Crippen LogP contribution in [-0.4, -0.2) is 25.5 Å². The zero-order valence-corrected chi connectivity index (χ0v) is 13.6. The number of amides is 1. The molecule has 1 unspecified atom stereocenters. The van der Waals surface area contributed by atoms with Crippen molar-refractivity contribution in [3.8, 4) is 11.1 Å². The second-order valence-corrected chi connectivity index (χ2v) is 5.47. The highest BCUT2D eigenvalue weighted by molar-refractivity contribution is 5.83. The molecular weight excluding hydrogens is 291 g/mol. The Morgan fingerprint density at radius 1 is 1.13 bits per heavy atom. The van der Waals surface area contributed by atoms with Crippen molar-refractivity contribution in [1.29, 1.82) is 0 Å². The minimum absolute atomic E-state index is 0.0882. The van der Waals surface area contributed by atoms with E-state index in [0.717, 1.165) is 18.7 Å². The highest BCUT2D eigenvalue weighted by Crippen LogP contribution is 2.26. The van der Waals surface area contributed by atoms with Crippen LogP contribution in [0.2, 0.25) is 0 Å². The van der Waals surface area contributed by atoms with Gasteiger partial charge < -0.3 is 10.6 Å². The number of likely N-dealkylation sites (N-methyl/N-ethyl adjacent to an activating group) is 1. The van der Waals surface area contributed by atoms with E-state index >= 15 is 0 Å². The van der Waals surface area contributed by atoms with E-state index < -0.39 is 0 Å². The van der Waals surface area contributed by atoms with Crippen LogP contribution in [0.15, 0.2) is 48.5 Å². The molecule has 0 heterocycles. The van der Waals surface area contributed by atoms with Gasteiger partial charge in [0, 0.05) is 18.7 Å². The molecule has 122 valence electrons. The second-order valence-electron chi connectivity index (χ2n) is 5.47. The summed E-state index contributed by atoms with van der Waals surface area (Å²) in [5.74, 6) is -0.772. The van der Waals surface area contributed by atoms with Gasteiger partial charge in [0.1, 0.15) is 5.82 Å². The quantitative estimate of drug-likeness (QED) is 0.770. The highest BCUT2D eigenvalue weighted by atomic mass is 19.1. The average molecular weight is 314 g/mol. The van der Waals surface area contributed by atoms with Gasteiger partial charge in [0.05, 0.1) is 5.92 Å². The summed E-state index contributed by atoms with van der Waals surface area (Å²) in [6.07, 6.45) is 0. The molecule has 23 heavy (non-hydrogen) atoms. The molecule has 2 aromatic carbocycles. The number of hydrogen-bond donors (Lipinski definition) is 2. The predicted octanol–water partition coefficient (Wildman–Crippen LogP) is 3.32. The van der Waals surface area contributed by atoms with Crippen molar-refractivity contribution in [3.63, 3.8) is 0 Å². The van der Waals surface area contributed by atoms with Gasteiger partial charge in [-0.15, -0.1) is 0 Å². The average Bonchev–Trinajstić information content (AvgIpc) is 2.58. The molecule has 0 bridgehead atoms. The molecule has 0 fully saturated rings. The number of nitrogens with one attached hydrogen (secondary N) is 2. The Bertz CT molecular complexity index is 643. The maximum atomic E-state index is 14.4. The third-order valence-electron chi connectivity index (χ3n) is 3.82. The van der Waals surface area contributed by atoms with E-state index in [9.17, 15) is 9.18 Å². The van der Waals surface area contributed by atoms with Crippen LogP contribution in [0.25, 0.3) is 11.1 Å². The maximum absolute atomic E-state index is 14.4. The van der Waals surface area contributed by atoms with E-state index in [4.69, 9.17) is 0 Å². The van der Waals surface area contributed by atoms with Crippen molar-refractivity contribution < 1.29 is 9.18 Å². The van der Waals surface area contributed by atoms with E-state index in [1.54, 1.807) is 13.0 Å². The lowest BCUT2D eigenvalue weighted by atomic mass is 9.96. The van der Waals surface area contributed by atoms with E-state index in [-0.39, 0.29) is 17.6 Å². The Balaban J connectivity index is 2.06. The summed E-state index contributed by atoms with van der Waals surface area (Å²) in [5.41, 5.74) is 2.07. The van der Waals surface area contributed by atoms with Crippen molar-refractivity contribution in [2.75, 3.05) is 19.6 Å². The summed E-state index contributed by atoms with van der Waals surface area (Å²) >= 11 is 0. The van der Waals surface area contributed by atoms with Crippen LogP contribution >= 0.6 is 0 Å². The van der Waals surface area contributed by atoms with E-state index in [1.807, 2.05) is 43.3 Å². The van der Waals surface area contributed by atoms with Gasteiger partial charge in [-0.05, 0) is 30.7 Å². The number of halogens is 1. The zero-order valence-electron chi connectivity index (χ0n) is 13.6. The van der Waals surface area contributed by atoms with Gasteiger partial charge in [-0.25, -0.2) is 4.39 Å². The van der Waals surface area contributed by atoms with Gasteiger partial charge in [-0.2, -0.15) is 0 Å². The normalized spacial score (nSPS) is 12.0. The Morgan fingerprint density at radius 3 is 2.52 bits per heavy atom. The van der Waals surface area contributed by atoms with Gasteiger partial charge in [-0.1, -0.05) is 49.4 Å². The largest absolute Gasteiger partial charge is 0.354 e. The molecule has 0 saturated carbocycles. The minimum atomic E-state index is -0.379. The lowest BCUT2D eigenvalue weighted by Crippen LogP contribution is -2.34. The van der Waals surface area contributed by atoms with Crippen LogP contribution in [0.5, 0.6) is 0 Å². The van der Waals surface area contributed by atoms with Gasteiger partial charge in [0.2, 0.25) is 5.91 Å². The molecule has 2 rings (SSSR count). The molecule has 0 saturated heterocycles. The summed E-state index contributed by atoms with van der Waals surface area (Å²) in [6, 6.07) is 14.4. The van der Waals surface area contributed by atoms with Gasteiger partial charge in [0.15, 0.2) is 0 Å². The summed E-state index contributed by atoms with van der Waals surface area (Å²) in [4.78, 5) is 12.1. The number of carbonyl (C=O) groups is 1. The van der Waals surface area contributed by atoms with E-state index in [2.05, 4.69) is 10.6 Å². The molecule has 2 aromatic rings. The van der Waals surface area contributed by atoms with Crippen LogP contribution in [0.1, 0.15) is 25.3 Å². The standard InChI is InChI=1S/C19H23FN2O/c1-3-21-11-12-22-19(23)14(2)16-9-10-17(18(20)13-16)15-7-5-4-6-8-15/h4-10,13-14,21H,3,11-12H2,1-2H3,(H,22,23). The number of carbonyl (C=O) groups excluding carboxylic acids is 1. The molecule has 1 atom stereocenters. The molecule has 2 N–H and O–H groups in total. The van der Waals surface area contributed by atoms with Crippen LogP contribution in [-0.2, 0) is 4.79 Å². The van der Waals surface area contributed by atoms with Crippen LogP contribution in [0, 0.1) is 5.82 Å². The third-order valence-corrected chi connectivity index (χ3v) is 3.82. The van der Waals surface area contributed by atoms with Crippen molar-refractivity contribution in [2.45, 2.75) is 19.8 Å². The number of benzene rings is 2. The summed E-state index contributed by atoms with van der Waals surface area (Å²) in [7, 11) is 0. The van der Waals surface area contributed by atoms with Crippen LogP contribution < -0.4 is 10.6 Å². The monoisotopic (exact) mass is 314 g/mol. The maximum Gasteiger partial charge on any atom is 0.227 e. The molecule has 0 aliphatic rings. The first-order valence-corrected chi connectivity index (χ1v) is 7.96. The van der Waals surface area contributed by atoms with Crippen molar-refractivity contribution >= 4 is 5.91 Å². The third kappa shape index (κ3) is 4.63. The topological polar surface area (TPSA) is 41.1 Å². The Hall–Kier alpha value is -2.20. The van der Waals surface area contributed by atoms with Gasteiger partial charge in [0.25, 0.3) is 0 Å². The molecule has 0 spiro atoms. The summed E-state index contributed by atoms with van der Waals surface area (Å²) in [5, 5.41) is 6.00. The number of rotatable bonds is 7. The molecule has 0 aliphatic heterocycles. The molecule has 0 aromatic heterocycles. The molecule has 0 aliphatic carbocycles.